The summed E-state index contributed by atoms with van der Waals surface area (Å²) >= 11 is 0. The fourth-order valence-corrected chi connectivity index (χ4v) is 1.93. The van der Waals surface area contributed by atoms with Crippen LogP contribution in [0, 0.1) is 0 Å². The monoisotopic (exact) mass is 156 g/mol. The van der Waals surface area contributed by atoms with E-state index in [1.165, 1.54) is 0 Å². The van der Waals surface area contributed by atoms with E-state index in [0.717, 1.165) is 0 Å². The molecule has 3 aliphatic rings. The maximum atomic E-state index is 11.4. The Morgan fingerprint density at radius 3 is 3.09 bits per heavy atom. The number of ether oxygens (including phenoxy) is 3. The van der Waals surface area contributed by atoms with Crippen molar-refractivity contribution < 1.29 is 19.0 Å². The number of fused-ring (bicyclic) bond motifs is 3. The summed E-state index contributed by atoms with van der Waals surface area (Å²) in [6, 6.07) is 0. The van der Waals surface area contributed by atoms with Crippen molar-refractivity contribution in [3.8, 4) is 0 Å². The van der Waals surface area contributed by atoms with Crippen LogP contribution in [-0.2, 0) is 19.0 Å². The van der Waals surface area contributed by atoms with Gasteiger partial charge in [0, 0.05) is 7.11 Å². The predicted octanol–water partition coefficient (Wildman–Crippen LogP) is -0.880. The fraction of sp³-hybridized carbons (Fsp3) is 0.857. The summed E-state index contributed by atoms with van der Waals surface area (Å²) in [6.07, 6.45) is -0.110. The van der Waals surface area contributed by atoms with Gasteiger partial charge in [0.15, 0.2) is 5.60 Å². The SMILES string of the molecule is COC[C@]12O[C@H]1[C@@H]1O[C@@H]1C2=O. The molecule has 0 radical (unpaired) electrons. The largest absolute Gasteiger partial charge is 0.381 e. The Labute approximate surface area is 63.4 Å². The normalized spacial score (nSPS) is 57.2. The first-order valence-electron chi connectivity index (χ1n) is 3.66. The van der Waals surface area contributed by atoms with Gasteiger partial charge in [-0.2, -0.15) is 0 Å². The first-order valence-corrected chi connectivity index (χ1v) is 3.66. The van der Waals surface area contributed by atoms with Gasteiger partial charge < -0.3 is 14.2 Å². The lowest BCUT2D eigenvalue weighted by Crippen LogP contribution is -2.31. The topological polar surface area (TPSA) is 51.4 Å². The molecule has 2 heterocycles. The first-order chi connectivity index (χ1) is 5.29. The van der Waals surface area contributed by atoms with Gasteiger partial charge in [-0.15, -0.1) is 0 Å². The van der Waals surface area contributed by atoms with Crippen LogP contribution in [0.1, 0.15) is 0 Å². The van der Waals surface area contributed by atoms with E-state index < -0.39 is 5.60 Å². The average Bonchev–Trinajstić information content (AvgIpc) is 2.76. The zero-order chi connectivity index (χ0) is 7.64. The smallest absolute Gasteiger partial charge is 0.201 e. The van der Waals surface area contributed by atoms with Crippen LogP contribution < -0.4 is 0 Å². The zero-order valence-electron chi connectivity index (χ0n) is 6.07. The van der Waals surface area contributed by atoms with Crippen molar-refractivity contribution in [1.29, 1.82) is 0 Å². The number of hydrogen-bond donors (Lipinski definition) is 0. The summed E-state index contributed by atoms with van der Waals surface area (Å²) in [7, 11) is 1.57. The number of methoxy groups -OCH3 is 1. The molecule has 0 unspecified atom stereocenters. The maximum absolute atomic E-state index is 11.4. The molecule has 3 fully saturated rings. The second kappa shape index (κ2) is 1.50. The Hall–Kier alpha value is -0.450. The van der Waals surface area contributed by atoms with Gasteiger partial charge in [-0.05, 0) is 0 Å². The molecule has 1 aliphatic carbocycles. The number of rotatable bonds is 2. The Balaban J connectivity index is 1.88. The van der Waals surface area contributed by atoms with Crippen molar-refractivity contribution >= 4 is 5.78 Å². The molecular weight excluding hydrogens is 148 g/mol. The molecule has 4 nitrogen and oxygen atoms in total. The van der Waals surface area contributed by atoms with E-state index in [-0.39, 0.29) is 24.1 Å². The van der Waals surface area contributed by atoms with Gasteiger partial charge in [-0.25, -0.2) is 0 Å². The number of ketones is 1. The molecular formula is C7H8O4. The van der Waals surface area contributed by atoms with Crippen molar-refractivity contribution in [2.75, 3.05) is 13.7 Å². The zero-order valence-corrected chi connectivity index (χ0v) is 6.07. The quantitative estimate of drug-likeness (QED) is 0.487. The molecule has 60 valence electrons. The van der Waals surface area contributed by atoms with Crippen LogP contribution in [0.2, 0.25) is 0 Å². The minimum Gasteiger partial charge on any atom is -0.381 e. The van der Waals surface area contributed by atoms with Crippen LogP contribution in [-0.4, -0.2) is 43.4 Å². The van der Waals surface area contributed by atoms with Crippen molar-refractivity contribution in [2.45, 2.75) is 23.9 Å². The number of carbonyl (C=O) groups excluding carboxylic acids is 1. The molecule has 0 aromatic rings. The van der Waals surface area contributed by atoms with Gasteiger partial charge in [0.05, 0.1) is 6.61 Å². The third-order valence-corrected chi connectivity index (χ3v) is 2.60. The van der Waals surface area contributed by atoms with Crippen LogP contribution in [0.25, 0.3) is 0 Å². The van der Waals surface area contributed by atoms with Gasteiger partial charge in [-0.1, -0.05) is 0 Å². The molecule has 0 aromatic carbocycles. The lowest BCUT2D eigenvalue weighted by atomic mass is 10.1. The van der Waals surface area contributed by atoms with Crippen LogP contribution >= 0.6 is 0 Å². The highest BCUT2D eigenvalue weighted by atomic mass is 16.7. The number of carbonyl (C=O) groups is 1. The molecule has 2 aliphatic heterocycles. The summed E-state index contributed by atoms with van der Waals surface area (Å²) in [6.45, 7) is 0.382. The molecule has 0 N–H and O–H groups in total. The molecule has 0 amide bonds. The van der Waals surface area contributed by atoms with E-state index in [2.05, 4.69) is 0 Å². The van der Waals surface area contributed by atoms with Gasteiger partial charge in [0.25, 0.3) is 0 Å². The van der Waals surface area contributed by atoms with Crippen LogP contribution in [0.5, 0.6) is 0 Å². The van der Waals surface area contributed by atoms with Crippen molar-refractivity contribution in [3.63, 3.8) is 0 Å². The molecule has 4 heteroatoms. The summed E-state index contributed by atoms with van der Waals surface area (Å²) in [5.74, 6) is 0.0781. The Morgan fingerprint density at radius 2 is 2.55 bits per heavy atom. The molecule has 1 saturated carbocycles. The standard InChI is InChI=1S/C7H8O4/c1-9-2-7-5(8)3-4(10-3)6(7)11-7/h3-4,6H,2H2,1H3/t3-,4+,6-,7+/m0/s1. The highest BCUT2D eigenvalue weighted by Gasteiger charge is 2.81. The molecule has 0 bridgehead atoms. The van der Waals surface area contributed by atoms with E-state index in [1.807, 2.05) is 0 Å². The third-order valence-electron chi connectivity index (χ3n) is 2.60. The third kappa shape index (κ3) is 0.514. The fourth-order valence-electron chi connectivity index (χ4n) is 1.93. The predicted molar refractivity (Wildman–Crippen MR) is 33.1 cm³/mol. The van der Waals surface area contributed by atoms with E-state index in [1.54, 1.807) is 7.11 Å². The van der Waals surface area contributed by atoms with Crippen LogP contribution in [0.4, 0.5) is 0 Å². The summed E-state index contributed by atoms with van der Waals surface area (Å²) < 4.78 is 15.2. The van der Waals surface area contributed by atoms with E-state index >= 15 is 0 Å². The van der Waals surface area contributed by atoms with Gasteiger partial charge in [0.2, 0.25) is 5.78 Å². The van der Waals surface area contributed by atoms with Gasteiger partial charge >= 0.3 is 0 Å². The van der Waals surface area contributed by atoms with E-state index in [4.69, 9.17) is 14.2 Å². The number of epoxide rings is 2. The Kier molecular flexibility index (Phi) is 0.835. The van der Waals surface area contributed by atoms with Crippen molar-refractivity contribution in [3.05, 3.63) is 0 Å². The summed E-state index contributed by atoms with van der Waals surface area (Å²) in [5.41, 5.74) is -0.595. The molecule has 3 rings (SSSR count). The second-order valence-corrected chi connectivity index (χ2v) is 3.25. The minimum atomic E-state index is -0.595. The van der Waals surface area contributed by atoms with E-state index in [9.17, 15) is 4.79 Å². The molecule has 11 heavy (non-hydrogen) atoms. The van der Waals surface area contributed by atoms with Crippen LogP contribution in [0.15, 0.2) is 0 Å². The average molecular weight is 156 g/mol. The van der Waals surface area contributed by atoms with Crippen LogP contribution in [0.3, 0.4) is 0 Å². The summed E-state index contributed by atoms with van der Waals surface area (Å²) in [5, 5.41) is 0. The van der Waals surface area contributed by atoms with Crippen molar-refractivity contribution in [1.82, 2.24) is 0 Å². The molecule has 0 aromatic heterocycles. The minimum absolute atomic E-state index is 0.0000463. The number of hydrogen-bond acceptors (Lipinski definition) is 4. The lowest BCUT2D eigenvalue weighted by Gasteiger charge is -2.04. The molecule has 0 spiro atoms. The highest BCUT2D eigenvalue weighted by molar-refractivity contribution is 6.01. The van der Waals surface area contributed by atoms with Gasteiger partial charge in [0.1, 0.15) is 18.3 Å². The Bertz CT molecular complexity index is 239. The highest BCUT2D eigenvalue weighted by Crippen LogP contribution is 2.56. The van der Waals surface area contributed by atoms with Crippen molar-refractivity contribution in [2.24, 2.45) is 0 Å². The van der Waals surface area contributed by atoms with Gasteiger partial charge in [-0.3, -0.25) is 4.79 Å². The summed E-state index contributed by atoms with van der Waals surface area (Å²) in [4.78, 5) is 11.4. The second-order valence-electron chi connectivity index (χ2n) is 3.25. The maximum Gasteiger partial charge on any atom is 0.201 e. The first kappa shape index (κ1) is 6.11. The lowest BCUT2D eigenvalue weighted by molar-refractivity contribution is -0.127. The van der Waals surface area contributed by atoms with E-state index in [0.29, 0.717) is 6.61 Å². The Morgan fingerprint density at radius 1 is 1.73 bits per heavy atom. The number of Topliss-reactive ketones (excluding diaryl/α,β-unsaturated/α-hetero) is 1. The molecule has 2 saturated heterocycles. The molecule has 4 atom stereocenters.